The smallest absolute Gasteiger partial charge is 0.226 e. The highest BCUT2D eigenvalue weighted by Gasteiger charge is 2.45. The van der Waals surface area contributed by atoms with E-state index in [1.165, 1.54) is 10.5 Å². The number of β-lactam (4-membered cyclic amide) rings is 1. The van der Waals surface area contributed by atoms with E-state index in [0.29, 0.717) is 6.54 Å². The zero-order valence-corrected chi connectivity index (χ0v) is 16.8. The summed E-state index contributed by atoms with van der Waals surface area (Å²) < 4.78 is 25.4. The van der Waals surface area contributed by atoms with Crippen molar-refractivity contribution < 1.29 is 13.2 Å². The molecule has 1 fully saturated rings. The van der Waals surface area contributed by atoms with Crippen molar-refractivity contribution in [2.45, 2.75) is 48.8 Å². The molecule has 4 nitrogen and oxygen atoms in total. The Morgan fingerprint density at radius 2 is 1.59 bits per heavy atom. The summed E-state index contributed by atoms with van der Waals surface area (Å²) in [5, 5.41) is 0.0411. The average molecular weight is 406 g/mol. The Labute approximate surface area is 166 Å². The normalized spacial score (nSPS) is 17.0. The van der Waals surface area contributed by atoms with Crippen LogP contribution in [0.25, 0.3) is 0 Å². The number of nitrogens with zero attached hydrogens (tertiary/aromatic N) is 1. The van der Waals surface area contributed by atoms with Crippen molar-refractivity contribution in [1.82, 2.24) is 4.90 Å². The summed E-state index contributed by atoms with van der Waals surface area (Å²) in [7, 11) is -3.48. The topological polar surface area (TPSA) is 54.5 Å². The molecule has 0 aromatic heterocycles. The number of carbonyl (C=O) groups is 1. The molecule has 0 spiro atoms. The maximum atomic E-state index is 12.7. The lowest BCUT2D eigenvalue weighted by Gasteiger charge is -2.39. The highest BCUT2D eigenvalue weighted by atomic mass is 35.5. The molecule has 1 aliphatic rings. The first-order valence-electron chi connectivity index (χ1n) is 9.31. The molecule has 0 bridgehead atoms. The number of carbonyl (C=O) groups excluding carboxylic acids is 1. The maximum absolute atomic E-state index is 12.7. The Hall–Kier alpha value is -1.85. The van der Waals surface area contributed by atoms with Gasteiger partial charge in [0.2, 0.25) is 5.91 Å². The number of amides is 1. The van der Waals surface area contributed by atoms with E-state index >= 15 is 0 Å². The molecule has 1 unspecified atom stereocenters. The van der Waals surface area contributed by atoms with E-state index < -0.39 is 15.2 Å². The number of sulfone groups is 1. The van der Waals surface area contributed by atoms with Crippen LogP contribution < -0.4 is 0 Å². The molecule has 2 aromatic rings. The summed E-state index contributed by atoms with van der Waals surface area (Å²) in [4.78, 5) is 13.7. The third-order valence-electron chi connectivity index (χ3n) is 4.97. The van der Waals surface area contributed by atoms with E-state index in [1.807, 2.05) is 24.3 Å². The number of hydrogen-bond donors (Lipinski definition) is 0. The Morgan fingerprint density at radius 3 is 2.26 bits per heavy atom. The molecule has 0 N–H and O–H groups in total. The van der Waals surface area contributed by atoms with Gasteiger partial charge in [0.25, 0.3) is 0 Å². The highest BCUT2D eigenvalue weighted by molar-refractivity contribution is 7.92. The van der Waals surface area contributed by atoms with Gasteiger partial charge in [-0.1, -0.05) is 54.8 Å². The second-order valence-electron chi connectivity index (χ2n) is 6.89. The zero-order chi connectivity index (χ0) is 19.3. The third-order valence-corrected chi connectivity index (χ3v) is 7.29. The van der Waals surface area contributed by atoms with Crippen LogP contribution in [0.15, 0.2) is 59.5 Å². The van der Waals surface area contributed by atoms with E-state index in [4.69, 9.17) is 11.6 Å². The minimum absolute atomic E-state index is 0.0688. The summed E-state index contributed by atoms with van der Waals surface area (Å²) in [5.74, 6) is -0.0688. The molecule has 1 aliphatic heterocycles. The molecule has 2 aromatic carbocycles. The number of rotatable bonds is 9. The van der Waals surface area contributed by atoms with Crippen molar-refractivity contribution in [3.8, 4) is 0 Å². The maximum Gasteiger partial charge on any atom is 0.226 e. The van der Waals surface area contributed by atoms with Crippen LogP contribution in [0.4, 0.5) is 0 Å². The van der Waals surface area contributed by atoms with Gasteiger partial charge in [-0.05, 0) is 49.1 Å². The van der Waals surface area contributed by atoms with Crippen molar-refractivity contribution in [3.63, 3.8) is 0 Å². The number of unbranched alkanes of at least 4 members (excludes halogenated alkanes) is 3. The summed E-state index contributed by atoms with van der Waals surface area (Å²) in [6.07, 6.45) is 5.03. The van der Waals surface area contributed by atoms with Gasteiger partial charge in [0, 0.05) is 11.6 Å². The Kier molecular flexibility index (Phi) is 6.55. The van der Waals surface area contributed by atoms with Gasteiger partial charge in [-0.2, -0.15) is 0 Å². The van der Waals surface area contributed by atoms with Gasteiger partial charge in [0.1, 0.15) is 5.37 Å². The zero-order valence-electron chi connectivity index (χ0n) is 15.2. The predicted octanol–water partition coefficient (Wildman–Crippen LogP) is 4.48. The van der Waals surface area contributed by atoms with Gasteiger partial charge in [-0.25, -0.2) is 8.42 Å². The first kappa shape index (κ1) is 19.9. The van der Waals surface area contributed by atoms with Crippen molar-refractivity contribution in [3.05, 3.63) is 65.2 Å². The second-order valence-corrected chi connectivity index (χ2v) is 9.44. The quantitative estimate of drug-likeness (QED) is 0.456. The van der Waals surface area contributed by atoms with Crippen LogP contribution in [0.1, 0.15) is 37.7 Å². The largest absolute Gasteiger partial charge is 0.325 e. The minimum Gasteiger partial charge on any atom is -0.325 e. The molecular formula is C21H24ClNO3S. The molecule has 1 heterocycles. The summed E-state index contributed by atoms with van der Waals surface area (Å²) in [6, 6.07) is 16.3. The van der Waals surface area contributed by atoms with Crippen molar-refractivity contribution >= 4 is 27.3 Å². The summed E-state index contributed by atoms with van der Waals surface area (Å²) >= 11 is 5.88. The standard InChI is InChI=1S/C21H24ClNO3S/c22-18-13-11-17(12-14-18)8-4-1-2-7-15-23-20(24)16-21(23)27(25,26)19-9-5-3-6-10-19/h3,5-6,9-14,21H,1-2,4,7-8,15-16H2. The molecule has 3 rings (SSSR count). The van der Waals surface area contributed by atoms with Crippen molar-refractivity contribution in [2.24, 2.45) is 0 Å². The number of likely N-dealkylation sites (tertiary alicyclic amines) is 1. The molecular weight excluding hydrogens is 382 g/mol. The predicted molar refractivity (Wildman–Crippen MR) is 107 cm³/mol. The molecule has 0 saturated carbocycles. The van der Waals surface area contributed by atoms with E-state index in [1.54, 1.807) is 30.3 Å². The fourth-order valence-corrected chi connectivity index (χ4v) is 5.25. The first-order chi connectivity index (χ1) is 13.0. The number of halogens is 1. The lowest BCUT2D eigenvalue weighted by Crippen LogP contribution is -2.56. The van der Waals surface area contributed by atoms with Gasteiger partial charge in [0.15, 0.2) is 9.84 Å². The monoisotopic (exact) mass is 405 g/mol. The third kappa shape index (κ3) is 4.90. The Balaban J connectivity index is 1.42. The lowest BCUT2D eigenvalue weighted by atomic mass is 10.1. The van der Waals surface area contributed by atoms with Crippen LogP contribution in [-0.4, -0.2) is 31.1 Å². The van der Waals surface area contributed by atoms with E-state index in [2.05, 4.69) is 0 Å². The van der Waals surface area contributed by atoms with Gasteiger partial charge in [0.05, 0.1) is 11.3 Å². The number of hydrogen-bond acceptors (Lipinski definition) is 3. The molecule has 1 saturated heterocycles. The molecule has 1 amide bonds. The van der Waals surface area contributed by atoms with Crippen molar-refractivity contribution in [2.75, 3.05) is 6.54 Å². The minimum atomic E-state index is -3.48. The SMILES string of the molecule is O=C1CC(S(=O)(=O)c2ccccc2)N1CCCCCCc1ccc(Cl)cc1. The molecule has 0 aliphatic carbocycles. The summed E-state index contributed by atoms with van der Waals surface area (Å²) in [6.45, 7) is 0.510. The number of aryl methyl sites for hydroxylation is 1. The van der Waals surface area contributed by atoms with E-state index in [-0.39, 0.29) is 17.2 Å². The molecule has 1 atom stereocenters. The van der Waals surface area contributed by atoms with Gasteiger partial charge in [-0.15, -0.1) is 0 Å². The Morgan fingerprint density at radius 1 is 0.926 bits per heavy atom. The average Bonchev–Trinajstić information content (AvgIpc) is 2.67. The van der Waals surface area contributed by atoms with Crippen LogP contribution in [0, 0.1) is 0 Å². The first-order valence-corrected chi connectivity index (χ1v) is 11.2. The second kappa shape index (κ2) is 8.89. The van der Waals surface area contributed by atoms with Gasteiger partial charge >= 0.3 is 0 Å². The molecule has 0 radical (unpaired) electrons. The fraction of sp³-hybridized carbons (Fsp3) is 0.381. The van der Waals surface area contributed by atoms with Gasteiger partial charge < -0.3 is 4.90 Å². The molecule has 144 valence electrons. The van der Waals surface area contributed by atoms with Crippen LogP contribution in [0.3, 0.4) is 0 Å². The highest BCUT2D eigenvalue weighted by Crippen LogP contribution is 2.29. The van der Waals surface area contributed by atoms with Gasteiger partial charge in [-0.3, -0.25) is 4.79 Å². The molecule has 6 heteroatoms. The van der Waals surface area contributed by atoms with Crippen LogP contribution in [0.2, 0.25) is 5.02 Å². The lowest BCUT2D eigenvalue weighted by molar-refractivity contribution is -0.141. The van der Waals surface area contributed by atoms with Crippen LogP contribution in [-0.2, 0) is 21.1 Å². The van der Waals surface area contributed by atoms with Crippen LogP contribution >= 0.6 is 11.6 Å². The van der Waals surface area contributed by atoms with E-state index in [0.717, 1.165) is 37.1 Å². The molecule has 27 heavy (non-hydrogen) atoms. The fourth-order valence-electron chi connectivity index (χ4n) is 3.35. The van der Waals surface area contributed by atoms with Crippen LogP contribution in [0.5, 0.6) is 0 Å². The van der Waals surface area contributed by atoms with Crippen molar-refractivity contribution in [1.29, 1.82) is 0 Å². The van der Waals surface area contributed by atoms with E-state index in [9.17, 15) is 13.2 Å². The number of benzene rings is 2. The summed E-state index contributed by atoms with van der Waals surface area (Å²) in [5.41, 5.74) is 1.27. The Bertz CT molecular complexity index is 866.